The van der Waals surface area contributed by atoms with Crippen molar-refractivity contribution < 1.29 is 19.4 Å². The highest BCUT2D eigenvalue weighted by Gasteiger charge is 2.37. The molecule has 1 amide bonds. The summed E-state index contributed by atoms with van der Waals surface area (Å²) in [5, 5.41) is 9.45. The van der Waals surface area contributed by atoms with Crippen molar-refractivity contribution >= 4 is 36.9 Å². The Kier molecular flexibility index (Phi) is 9.18. The van der Waals surface area contributed by atoms with Crippen molar-refractivity contribution in [3.05, 3.63) is 30.1 Å². The summed E-state index contributed by atoms with van der Waals surface area (Å²) >= 11 is 0. The minimum atomic E-state index is -1.02. The molecule has 0 spiro atoms. The third-order valence-electron chi connectivity index (χ3n) is 3.51. The van der Waals surface area contributed by atoms with Gasteiger partial charge in [-0.2, -0.15) is 0 Å². The Hall–Kier alpha value is -1.57. The van der Waals surface area contributed by atoms with Gasteiger partial charge in [0.2, 0.25) is 0 Å². The molecule has 1 aliphatic heterocycles. The van der Waals surface area contributed by atoms with Crippen LogP contribution in [0.15, 0.2) is 24.5 Å². The number of aliphatic carboxylic acids is 1. The summed E-state index contributed by atoms with van der Waals surface area (Å²) in [6.07, 6.45) is 2.88. The van der Waals surface area contributed by atoms with E-state index in [0.29, 0.717) is 19.6 Å². The number of carbonyl (C=O) groups excluding carboxylic acids is 1. The summed E-state index contributed by atoms with van der Waals surface area (Å²) in [7, 11) is 0. The number of hydrogen-bond donors (Lipinski definition) is 1. The number of hydrogen-bond acceptors (Lipinski definition) is 5. The number of halogens is 2. The van der Waals surface area contributed by atoms with Crippen LogP contribution in [-0.4, -0.2) is 63.2 Å². The van der Waals surface area contributed by atoms with Crippen molar-refractivity contribution in [2.24, 2.45) is 0 Å². The van der Waals surface area contributed by atoms with Gasteiger partial charge in [-0.05, 0) is 32.4 Å². The van der Waals surface area contributed by atoms with E-state index in [4.69, 9.17) is 4.74 Å². The highest BCUT2D eigenvalue weighted by atomic mass is 35.5. The number of pyridine rings is 1. The molecule has 9 heteroatoms. The number of carboxylic acids is 1. The molecular weight excluding hydrogens is 369 g/mol. The van der Waals surface area contributed by atoms with Gasteiger partial charge in [-0.1, -0.05) is 6.07 Å². The number of carbonyl (C=O) groups is 2. The standard InChI is InChI=1S/C16H23N3O4.2ClH/c1-16(2,3)23-15(22)19-8-7-18(11-13(19)14(20)21)10-12-5-4-6-17-9-12;;/h4-6,9,13H,7-8,10-11H2,1-3H3,(H,20,21);2*1H. The van der Waals surface area contributed by atoms with Crippen molar-refractivity contribution in [1.29, 1.82) is 0 Å². The lowest BCUT2D eigenvalue weighted by Crippen LogP contribution is -2.58. The summed E-state index contributed by atoms with van der Waals surface area (Å²) < 4.78 is 5.31. The third-order valence-corrected chi connectivity index (χ3v) is 3.51. The first-order chi connectivity index (χ1) is 10.8. The number of amides is 1. The van der Waals surface area contributed by atoms with Gasteiger partial charge in [0, 0.05) is 38.6 Å². The highest BCUT2D eigenvalue weighted by molar-refractivity contribution is 5.85. The maximum absolute atomic E-state index is 12.2. The van der Waals surface area contributed by atoms with E-state index in [2.05, 4.69) is 4.98 Å². The number of aromatic nitrogens is 1. The minimum absolute atomic E-state index is 0. The summed E-state index contributed by atoms with van der Waals surface area (Å²) in [5.74, 6) is -1.02. The molecule has 142 valence electrons. The van der Waals surface area contributed by atoms with Crippen LogP contribution in [0.3, 0.4) is 0 Å². The van der Waals surface area contributed by atoms with Gasteiger partial charge >= 0.3 is 12.1 Å². The second-order valence-corrected chi connectivity index (χ2v) is 6.62. The number of carboxylic acid groups (broad SMARTS) is 1. The molecule has 0 aromatic carbocycles. The zero-order valence-corrected chi connectivity index (χ0v) is 16.2. The van der Waals surface area contributed by atoms with Crippen LogP contribution >= 0.6 is 24.8 Å². The zero-order chi connectivity index (χ0) is 17.0. The fourth-order valence-electron chi connectivity index (χ4n) is 2.48. The first-order valence-electron chi connectivity index (χ1n) is 7.60. The van der Waals surface area contributed by atoms with E-state index < -0.39 is 23.7 Å². The van der Waals surface area contributed by atoms with Crippen LogP contribution < -0.4 is 0 Å². The summed E-state index contributed by atoms with van der Waals surface area (Å²) in [5.41, 5.74) is 0.370. The fourth-order valence-corrected chi connectivity index (χ4v) is 2.48. The van der Waals surface area contributed by atoms with E-state index in [-0.39, 0.29) is 31.4 Å². The summed E-state index contributed by atoms with van der Waals surface area (Å²) in [4.78, 5) is 31.1. The maximum atomic E-state index is 12.2. The molecule has 1 aromatic heterocycles. The monoisotopic (exact) mass is 393 g/mol. The van der Waals surface area contributed by atoms with Gasteiger partial charge in [-0.3, -0.25) is 14.8 Å². The quantitative estimate of drug-likeness (QED) is 0.848. The lowest BCUT2D eigenvalue weighted by atomic mass is 10.1. The predicted molar refractivity (Wildman–Crippen MR) is 98.4 cm³/mol. The Labute approximate surface area is 160 Å². The number of rotatable bonds is 3. The molecule has 0 aliphatic carbocycles. The van der Waals surface area contributed by atoms with Crippen molar-refractivity contribution in [2.45, 2.75) is 39.0 Å². The van der Waals surface area contributed by atoms with Gasteiger partial charge in [0.05, 0.1) is 0 Å². The second-order valence-electron chi connectivity index (χ2n) is 6.62. The molecule has 1 aromatic rings. The van der Waals surface area contributed by atoms with Gasteiger partial charge in [0.25, 0.3) is 0 Å². The Morgan fingerprint density at radius 2 is 2.00 bits per heavy atom. The number of piperazine rings is 1. The molecule has 1 atom stereocenters. The predicted octanol–water partition coefficient (Wildman–Crippen LogP) is 2.43. The Morgan fingerprint density at radius 1 is 1.32 bits per heavy atom. The summed E-state index contributed by atoms with van der Waals surface area (Å²) in [6.45, 7) is 7.09. The molecule has 1 N–H and O–H groups in total. The first kappa shape index (κ1) is 23.4. The zero-order valence-electron chi connectivity index (χ0n) is 14.5. The molecule has 1 unspecified atom stereocenters. The van der Waals surface area contributed by atoms with E-state index >= 15 is 0 Å². The Bertz CT molecular complexity index is 566. The second kappa shape index (κ2) is 9.79. The van der Waals surface area contributed by atoms with Crippen molar-refractivity contribution in [2.75, 3.05) is 19.6 Å². The molecule has 25 heavy (non-hydrogen) atoms. The van der Waals surface area contributed by atoms with Crippen LogP contribution in [0.4, 0.5) is 4.79 Å². The van der Waals surface area contributed by atoms with Crippen LogP contribution in [-0.2, 0) is 16.1 Å². The Morgan fingerprint density at radius 3 is 2.52 bits per heavy atom. The van der Waals surface area contributed by atoms with Crippen LogP contribution in [0.5, 0.6) is 0 Å². The van der Waals surface area contributed by atoms with E-state index in [9.17, 15) is 14.7 Å². The average Bonchev–Trinajstić information content (AvgIpc) is 2.46. The third kappa shape index (κ3) is 7.05. The van der Waals surface area contributed by atoms with Gasteiger partial charge in [0.15, 0.2) is 0 Å². The smallest absolute Gasteiger partial charge is 0.411 e. The van der Waals surface area contributed by atoms with Crippen molar-refractivity contribution in [1.82, 2.24) is 14.8 Å². The highest BCUT2D eigenvalue weighted by Crippen LogP contribution is 2.17. The fraction of sp³-hybridized carbons (Fsp3) is 0.562. The minimum Gasteiger partial charge on any atom is -0.480 e. The maximum Gasteiger partial charge on any atom is 0.411 e. The van der Waals surface area contributed by atoms with Gasteiger partial charge in [-0.15, -0.1) is 24.8 Å². The molecular formula is C16H25Cl2N3O4. The average molecular weight is 394 g/mol. The molecule has 1 saturated heterocycles. The molecule has 1 aliphatic rings. The lowest BCUT2D eigenvalue weighted by Gasteiger charge is -2.39. The van der Waals surface area contributed by atoms with E-state index in [0.717, 1.165) is 5.56 Å². The molecule has 2 heterocycles. The van der Waals surface area contributed by atoms with E-state index in [1.807, 2.05) is 17.0 Å². The molecule has 0 bridgehead atoms. The van der Waals surface area contributed by atoms with Crippen LogP contribution in [0, 0.1) is 0 Å². The van der Waals surface area contributed by atoms with Gasteiger partial charge in [0.1, 0.15) is 11.6 Å². The lowest BCUT2D eigenvalue weighted by molar-refractivity contribution is -0.145. The largest absolute Gasteiger partial charge is 0.480 e. The van der Waals surface area contributed by atoms with Crippen LogP contribution in [0.1, 0.15) is 26.3 Å². The molecule has 7 nitrogen and oxygen atoms in total. The van der Waals surface area contributed by atoms with E-state index in [1.165, 1.54) is 4.90 Å². The molecule has 2 rings (SSSR count). The first-order valence-corrected chi connectivity index (χ1v) is 7.60. The van der Waals surface area contributed by atoms with Crippen LogP contribution in [0.25, 0.3) is 0 Å². The summed E-state index contributed by atoms with van der Waals surface area (Å²) in [6, 6.07) is 2.89. The van der Waals surface area contributed by atoms with Gasteiger partial charge < -0.3 is 9.84 Å². The molecule has 0 radical (unpaired) electrons. The van der Waals surface area contributed by atoms with E-state index in [1.54, 1.807) is 33.2 Å². The number of ether oxygens (including phenoxy) is 1. The normalized spacial score (nSPS) is 17.9. The van der Waals surface area contributed by atoms with Gasteiger partial charge in [-0.25, -0.2) is 9.59 Å². The molecule has 0 saturated carbocycles. The Balaban J connectivity index is 0.00000288. The number of nitrogens with zero attached hydrogens (tertiary/aromatic N) is 3. The topological polar surface area (TPSA) is 83.0 Å². The van der Waals surface area contributed by atoms with Crippen LogP contribution in [0.2, 0.25) is 0 Å². The SMILES string of the molecule is CC(C)(C)OC(=O)N1CCN(Cc2cccnc2)CC1C(=O)O.Cl.Cl. The molecule has 1 fully saturated rings. The van der Waals surface area contributed by atoms with Crippen molar-refractivity contribution in [3.8, 4) is 0 Å². The van der Waals surface area contributed by atoms with Crippen molar-refractivity contribution in [3.63, 3.8) is 0 Å².